The number of hydrogen-bond donors (Lipinski definition) is 0. The van der Waals surface area contributed by atoms with Crippen molar-refractivity contribution in [2.45, 2.75) is 0 Å². The van der Waals surface area contributed by atoms with Crippen molar-refractivity contribution in [3.63, 3.8) is 0 Å². The molecule has 10 aromatic carbocycles. The molecule has 0 aliphatic heterocycles. The van der Waals surface area contributed by atoms with E-state index >= 15 is 0 Å². The molecule has 0 atom stereocenters. The molecule has 3 aromatic heterocycles. The van der Waals surface area contributed by atoms with Gasteiger partial charge in [-0.25, -0.2) is 4.98 Å². The third-order valence-corrected chi connectivity index (χ3v) is 12.6. The van der Waals surface area contributed by atoms with Crippen molar-refractivity contribution in [3.8, 4) is 55.8 Å². The summed E-state index contributed by atoms with van der Waals surface area (Å²) in [6, 6.07) is 70.7. The number of aromatic nitrogens is 2. The van der Waals surface area contributed by atoms with E-state index in [2.05, 4.69) is 176 Å². The smallest absolute Gasteiger partial charge is 0.147 e. The number of benzene rings is 10. The van der Waals surface area contributed by atoms with E-state index in [1.165, 1.54) is 21.9 Å². The summed E-state index contributed by atoms with van der Waals surface area (Å²) in [5, 5.41) is 9.04. The number of rotatable bonds is 5. The van der Waals surface area contributed by atoms with Gasteiger partial charge in [-0.1, -0.05) is 182 Å². The summed E-state index contributed by atoms with van der Waals surface area (Å²) in [4.78, 5) is 10.1. The van der Waals surface area contributed by atoms with Gasteiger partial charge in [0.2, 0.25) is 0 Å². The standard InChI is InChI=1S/C58H34N2O2/c1-3-13-47-43(9-1)44-10-2-4-14-48(44)56-55(47)59-34-51(60-56)41-29-25-39(26-30-41)37-21-17-35(18-22-37)36-19-23-38(24-20-36)40-27-31-42(32-28-40)54-57-49(45-11-5-7-15-52(45)61-57)33-50-46-12-6-8-16-53(46)62-58(50)54/h1-34H. The molecule has 0 amide bonds. The molecule has 0 saturated carbocycles. The van der Waals surface area contributed by atoms with Crippen LogP contribution in [0.15, 0.2) is 215 Å². The molecule has 0 radical (unpaired) electrons. The predicted octanol–water partition coefficient (Wildman–Crippen LogP) is 16.1. The molecule has 0 bridgehead atoms. The number of para-hydroxylation sites is 2. The highest BCUT2D eigenvalue weighted by Gasteiger charge is 2.21. The zero-order valence-corrected chi connectivity index (χ0v) is 33.3. The molecule has 62 heavy (non-hydrogen) atoms. The highest BCUT2D eigenvalue weighted by molar-refractivity contribution is 6.24. The highest BCUT2D eigenvalue weighted by atomic mass is 16.3. The molecule has 3 heterocycles. The van der Waals surface area contributed by atoms with Crippen LogP contribution in [0.4, 0.5) is 0 Å². The van der Waals surface area contributed by atoms with Crippen molar-refractivity contribution < 1.29 is 8.83 Å². The first-order valence-corrected chi connectivity index (χ1v) is 21.0. The Labute approximate surface area is 356 Å². The van der Waals surface area contributed by atoms with Crippen LogP contribution in [0.3, 0.4) is 0 Å². The van der Waals surface area contributed by atoms with Crippen molar-refractivity contribution in [1.82, 2.24) is 9.97 Å². The third kappa shape index (κ3) is 5.40. The van der Waals surface area contributed by atoms with Gasteiger partial charge in [0.05, 0.1) is 28.5 Å². The second-order valence-electron chi connectivity index (χ2n) is 16.1. The minimum atomic E-state index is 0.844. The van der Waals surface area contributed by atoms with E-state index in [1.54, 1.807) is 0 Å². The highest BCUT2D eigenvalue weighted by Crippen LogP contribution is 2.45. The zero-order chi connectivity index (χ0) is 40.7. The Balaban J connectivity index is 0.767. The summed E-state index contributed by atoms with van der Waals surface area (Å²) in [5.41, 5.74) is 16.2. The second-order valence-corrected chi connectivity index (χ2v) is 16.1. The van der Waals surface area contributed by atoms with Crippen LogP contribution in [0.1, 0.15) is 0 Å². The maximum Gasteiger partial charge on any atom is 0.147 e. The minimum Gasteiger partial charge on any atom is -0.455 e. The lowest BCUT2D eigenvalue weighted by Gasteiger charge is -2.11. The minimum absolute atomic E-state index is 0.844. The number of hydrogen-bond acceptors (Lipinski definition) is 4. The Hall–Kier alpha value is -8.34. The summed E-state index contributed by atoms with van der Waals surface area (Å²) in [5.74, 6) is 0. The Morgan fingerprint density at radius 1 is 0.290 bits per heavy atom. The monoisotopic (exact) mass is 790 g/mol. The van der Waals surface area contributed by atoms with Gasteiger partial charge >= 0.3 is 0 Å². The van der Waals surface area contributed by atoms with E-state index in [4.69, 9.17) is 18.8 Å². The lowest BCUT2D eigenvalue weighted by atomic mass is 9.95. The first-order valence-electron chi connectivity index (χ1n) is 21.0. The predicted molar refractivity (Wildman–Crippen MR) is 256 cm³/mol. The second kappa shape index (κ2) is 13.6. The fourth-order valence-corrected chi connectivity index (χ4v) is 9.43. The first-order chi connectivity index (χ1) is 30.7. The van der Waals surface area contributed by atoms with E-state index < -0.39 is 0 Å². The molecule has 0 saturated heterocycles. The Bertz CT molecular complexity index is 3760. The van der Waals surface area contributed by atoms with Gasteiger partial charge in [0.1, 0.15) is 22.3 Å². The van der Waals surface area contributed by atoms with Gasteiger partial charge in [-0.3, -0.25) is 4.98 Å². The van der Waals surface area contributed by atoms with Crippen molar-refractivity contribution >= 4 is 76.5 Å². The largest absolute Gasteiger partial charge is 0.455 e. The average molecular weight is 791 g/mol. The molecule has 4 heteroatoms. The fourth-order valence-electron chi connectivity index (χ4n) is 9.43. The summed E-state index contributed by atoms with van der Waals surface area (Å²) in [6.45, 7) is 0. The number of fused-ring (bicyclic) bond motifs is 12. The maximum absolute atomic E-state index is 6.53. The lowest BCUT2D eigenvalue weighted by molar-refractivity contribution is 0.658. The number of furan rings is 2. The Morgan fingerprint density at radius 3 is 1.10 bits per heavy atom. The molecule has 13 rings (SSSR count). The van der Waals surface area contributed by atoms with Crippen molar-refractivity contribution in [2.24, 2.45) is 0 Å². The molecule has 0 spiro atoms. The van der Waals surface area contributed by atoms with Crippen LogP contribution in [-0.2, 0) is 0 Å². The average Bonchev–Trinajstić information content (AvgIpc) is 3.91. The molecule has 0 N–H and O–H groups in total. The van der Waals surface area contributed by atoms with E-state index in [0.717, 1.165) is 110 Å². The van der Waals surface area contributed by atoms with Crippen LogP contribution in [0.5, 0.6) is 0 Å². The fraction of sp³-hybridized carbons (Fsp3) is 0. The first kappa shape index (κ1) is 34.5. The van der Waals surface area contributed by atoms with E-state index in [1.807, 2.05) is 30.5 Å². The lowest BCUT2D eigenvalue weighted by Crippen LogP contribution is -1.92. The quantitative estimate of drug-likeness (QED) is 0.163. The molecule has 4 nitrogen and oxygen atoms in total. The van der Waals surface area contributed by atoms with E-state index in [0.29, 0.717) is 0 Å². The Morgan fingerprint density at radius 2 is 0.645 bits per heavy atom. The summed E-state index contributed by atoms with van der Waals surface area (Å²) in [6.07, 6.45) is 1.90. The van der Waals surface area contributed by atoms with Crippen LogP contribution in [0, 0.1) is 0 Å². The van der Waals surface area contributed by atoms with Gasteiger partial charge in [0.25, 0.3) is 0 Å². The van der Waals surface area contributed by atoms with Gasteiger partial charge in [0, 0.05) is 37.9 Å². The Kier molecular flexibility index (Phi) is 7.57. The summed E-state index contributed by atoms with van der Waals surface area (Å²) < 4.78 is 13.1. The van der Waals surface area contributed by atoms with Crippen molar-refractivity contribution in [1.29, 1.82) is 0 Å². The van der Waals surface area contributed by atoms with Crippen molar-refractivity contribution in [2.75, 3.05) is 0 Å². The molecule has 0 fully saturated rings. The van der Waals surface area contributed by atoms with Crippen LogP contribution in [-0.4, -0.2) is 9.97 Å². The summed E-state index contributed by atoms with van der Waals surface area (Å²) in [7, 11) is 0. The number of nitrogens with zero attached hydrogens (tertiary/aromatic N) is 2. The normalized spacial score (nSPS) is 11.9. The van der Waals surface area contributed by atoms with Crippen LogP contribution >= 0.6 is 0 Å². The van der Waals surface area contributed by atoms with Gasteiger partial charge in [-0.15, -0.1) is 0 Å². The van der Waals surface area contributed by atoms with Gasteiger partial charge in [-0.05, 0) is 67.9 Å². The maximum atomic E-state index is 6.53. The van der Waals surface area contributed by atoms with Crippen LogP contribution in [0.2, 0.25) is 0 Å². The zero-order valence-electron chi connectivity index (χ0n) is 33.3. The van der Waals surface area contributed by atoms with Gasteiger partial charge < -0.3 is 8.83 Å². The van der Waals surface area contributed by atoms with E-state index in [-0.39, 0.29) is 0 Å². The molecule has 0 aliphatic rings. The molecular formula is C58H34N2O2. The third-order valence-electron chi connectivity index (χ3n) is 12.6. The molecule has 13 aromatic rings. The van der Waals surface area contributed by atoms with Crippen LogP contribution in [0.25, 0.3) is 132 Å². The summed E-state index contributed by atoms with van der Waals surface area (Å²) >= 11 is 0. The van der Waals surface area contributed by atoms with Crippen molar-refractivity contribution in [3.05, 3.63) is 206 Å². The van der Waals surface area contributed by atoms with Gasteiger partial charge in [0.15, 0.2) is 0 Å². The van der Waals surface area contributed by atoms with Crippen LogP contribution < -0.4 is 0 Å². The molecule has 288 valence electrons. The topological polar surface area (TPSA) is 52.1 Å². The van der Waals surface area contributed by atoms with E-state index in [9.17, 15) is 0 Å². The molecular weight excluding hydrogens is 757 g/mol. The SMILES string of the molecule is c1ccc2c(c1)oc1c(-c3ccc(-c4ccc(-c5ccc(-c6ccc(-c7cnc8c9ccccc9c9ccccc9c8n7)cc6)cc5)cc4)cc3)c3oc4ccccc4c3cc12. The molecule has 0 unspecified atom stereocenters. The molecule has 0 aliphatic carbocycles. The van der Waals surface area contributed by atoms with Gasteiger partial charge in [-0.2, -0.15) is 0 Å².